The van der Waals surface area contributed by atoms with Crippen LogP contribution in [0.3, 0.4) is 0 Å². The zero-order valence-electron chi connectivity index (χ0n) is 18.9. The molecular weight excluding hydrogens is 469 g/mol. The maximum absolute atomic E-state index is 13.5. The van der Waals surface area contributed by atoms with Gasteiger partial charge in [0.2, 0.25) is 11.5 Å². The number of carbonyl (C=O) groups excluding carboxylic acids is 2. The van der Waals surface area contributed by atoms with E-state index in [0.717, 1.165) is 21.3 Å². The van der Waals surface area contributed by atoms with Crippen LogP contribution in [0.5, 0.6) is 0 Å². The average molecular weight is 487 g/mol. The molecule has 0 saturated heterocycles. The van der Waals surface area contributed by atoms with Crippen molar-refractivity contribution in [1.82, 2.24) is 9.13 Å². The molecule has 2 aromatic heterocycles. The molecule has 0 atom stereocenters. The Kier molecular flexibility index (Phi) is 5.69. The lowest BCUT2D eigenvalue weighted by molar-refractivity contribution is -0.116. The van der Waals surface area contributed by atoms with E-state index < -0.39 is 35.5 Å². The number of amides is 1. The highest BCUT2D eigenvalue weighted by molar-refractivity contribution is 6.03. The molecule has 3 aromatic carbocycles. The summed E-state index contributed by atoms with van der Waals surface area (Å²) < 4.78 is 25.9. The number of rotatable bonds is 5. The molecule has 0 aliphatic carbocycles. The molecule has 0 aliphatic rings. The maximum Gasteiger partial charge on any atom is 0.337 e. The Morgan fingerprint density at radius 1 is 0.972 bits per heavy atom. The van der Waals surface area contributed by atoms with Gasteiger partial charge in [0.1, 0.15) is 23.5 Å². The first-order valence-corrected chi connectivity index (χ1v) is 10.8. The van der Waals surface area contributed by atoms with Gasteiger partial charge < -0.3 is 14.5 Å². The first kappa shape index (κ1) is 22.8. The Morgan fingerprint density at radius 3 is 2.36 bits per heavy atom. The van der Waals surface area contributed by atoms with Gasteiger partial charge in [0.05, 0.1) is 18.4 Å². The summed E-state index contributed by atoms with van der Waals surface area (Å²) in [6.45, 7) is -0.445. The number of methoxy groups -OCH3 is 1. The van der Waals surface area contributed by atoms with E-state index >= 15 is 0 Å². The van der Waals surface area contributed by atoms with E-state index in [1.165, 1.54) is 43.5 Å². The molecule has 2 heterocycles. The monoisotopic (exact) mass is 487 g/mol. The van der Waals surface area contributed by atoms with Crippen LogP contribution in [0.4, 0.5) is 10.1 Å². The van der Waals surface area contributed by atoms with Crippen LogP contribution in [-0.2, 0) is 16.1 Å². The van der Waals surface area contributed by atoms with Gasteiger partial charge in [-0.2, -0.15) is 0 Å². The van der Waals surface area contributed by atoms with Gasteiger partial charge in [-0.25, -0.2) is 18.5 Å². The van der Waals surface area contributed by atoms with Crippen LogP contribution in [0, 0.1) is 5.82 Å². The zero-order valence-corrected chi connectivity index (χ0v) is 18.9. The predicted octanol–water partition coefficient (Wildman–Crippen LogP) is 3.46. The molecule has 10 heteroatoms. The van der Waals surface area contributed by atoms with Crippen LogP contribution in [0.1, 0.15) is 10.4 Å². The fraction of sp³-hybridized carbons (Fsp3) is 0.0769. The number of halogens is 1. The first-order valence-electron chi connectivity index (χ1n) is 10.8. The summed E-state index contributed by atoms with van der Waals surface area (Å²) in [7, 11) is 1.27. The molecule has 5 rings (SSSR count). The lowest BCUT2D eigenvalue weighted by Gasteiger charge is -2.12. The van der Waals surface area contributed by atoms with Gasteiger partial charge in [-0.1, -0.05) is 12.1 Å². The first-order chi connectivity index (χ1) is 17.4. The van der Waals surface area contributed by atoms with E-state index in [1.54, 1.807) is 24.3 Å². The van der Waals surface area contributed by atoms with Gasteiger partial charge in [0, 0.05) is 11.1 Å². The molecule has 0 unspecified atom stereocenters. The quantitative estimate of drug-likeness (QED) is 0.380. The van der Waals surface area contributed by atoms with Crippen molar-refractivity contribution in [2.24, 2.45) is 0 Å². The van der Waals surface area contributed by atoms with Crippen molar-refractivity contribution in [1.29, 1.82) is 0 Å². The highest BCUT2D eigenvalue weighted by Crippen LogP contribution is 2.26. The van der Waals surface area contributed by atoms with Crippen LogP contribution in [0.25, 0.3) is 27.8 Å². The van der Waals surface area contributed by atoms with E-state index in [4.69, 9.17) is 4.42 Å². The Balaban J connectivity index is 1.61. The highest BCUT2D eigenvalue weighted by Gasteiger charge is 2.22. The molecule has 180 valence electrons. The number of nitrogens with zero attached hydrogens (tertiary/aromatic N) is 2. The molecule has 36 heavy (non-hydrogen) atoms. The van der Waals surface area contributed by atoms with Crippen molar-refractivity contribution in [2.45, 2.75) is 6.54 Å². The number of aromatic nitrogens is 2. The molecule has 0 aliphatic heterocycles. The minimum atomic E-state index is -0.790. The van der Waals surface area contributed by atoms with E-state index in [-0.39, 0.29) is 16.8 Å². The lowest BCUT2D eigenvalue weighted by atomic mass is 10.2. The molecule has 0 fully saturated rings. The van der Waals surface area contributed by atoms with Gasteiger partial charge >= 0.3 is 17.2 Å². The summed E-state index contributed by atoms with van der Waals surface area (Å²) in [6, 6.07) is 17.6. The summed E-state index contributed by atoms with van der Waals surface area (Å²) in [4.78, 5) is 51.4. The van der Waals surface area contributed by atoms with Crippen LogP contribution in [0.2, 0.25) is 0 Å². The Bertz CT molecular complexity index is 1750. The SMILES string of the molecule is COC(=O)c1ccc(NC(=O)Cn2c(=O)n(-c3ccc(F)cc3)c(=O)c3oc4ccccc4c32)cc1. The number of anilines is 1. The standard InChI is InChI=1S/C26H18FN3O6/c1-35-25(33)15-6-10-17(11-7-15)28-21(31)14-29-22-19-4-2-3-5-20(19)36-23(22)24(32)30(26(29)34)18-12-8-16(27)9-13-18/h2-13H,14H2,1H3,(H,28,31). The minimum absolute atomic E-state index is 0.115. The number of esters is 1. The van der Waals surface area contributed by atoms with Gasteiger partial charge in [-0.05, 0) is 60.7 Å². The highest BCUT2D eigenvalue weighted by atomic mass is 19.1. The van der Waals surface area contributed by atoms with Gasteiger partial charge in [0.15, 0.2) is 0 Å². The van der Waals surface area contributed by atoms with E-state index in [9.17, 15) is 23.6 Å². The number of benzene rings is 3. The summed E-state index contributed by atoms with van der Waals surface area (Å²) in [5.41, 5.74) is -0.263. The molecule has 0 radical (unpaired) electrons. The summed E-state index contributed by atoms with van der Waals surface area (Å²) in [5.74, 6) is -1.61. The van der Waals surface area contributed by atoms with Crippen LogP contribution < -0.4 is 16.6 Å². The number of hydrogen-bond donors (Lipinski definition) is 1. The second-order valence-electron chi connectivity index (χ2n) is 7.88. The third-order valence-corrected chi connectivity index (χ3v) is 5.64. The molecule has 0 saturated carbocycles. The van der Waals surface area contributed by atoms with Crippen molar-refractivity contribution in [3.63, 3.8) is 0 Å². The lowest BCUT2D eigenvalue weighted by Crippen LogP contribution is -2.40. The van der Waals surface area contributed by atoms with Crippen molar-refractivity contribution in [3.05, 3.63) is 105 Å². The van der Waals surface area contributed by atoms with Gasteiger partial charge in [-0.15, -0.1) is 0 Å². The second kappa shape index (κ2) is 8.99. The van der Waals surface area contributed by atoms with E-state index in [1.807, 2.05) is 0 Å². The Labute approximate surface area is 201 Å². The number of furan rings is 1. The van der Waals surface area contributed by atoms with Crippen LogP contribution in [0.15, 0.2) is 86.8 Å². The summed E-state index contributed by atoms with van der Waals surface area (Å²) >= 11 is 0. The van der Waals surface area contributed by atoms with Gasteiger partial charge in [0.25, 0.3) is 0 Å². The summed E-state index contributed by atoms with van der Waals surface area (Å²) in [5, 5.41) is 3.16. The summed E-state index contributed by atoms with van der Waals surface area (Å²) in [6.07, 6.45) is 0. The van der Waals surface area contributed by atoms with Crippen molar-refractivity contribution >= 4 is 39.6 Å². The van der Waals surface area contributed by atoms with Crippen molar-refractivity contribution in [2.75, 3.05) is 12.4 Å². The Hall–Kier alpha value is -4.99. The number of ether oxygens (including phenoxy) is 1. The van der Waals surface area contributed by atoms with Crippen LogP contribution in [-0.4, -0.2) is 28.1 Å². The molecule has 5 aromatic rings. The largest absolute Gasteiger partial charge is 0.465 e. The number of hydrogen-bond acceptors (Lipinski definition) is 6. The minimum Gasteiger partial charge on any atom is -0.465 e. The molecule has 1 N–H and O–H groups in total. The molecule has 0 spiro atoms. The topological polar surface area (TPSA) is 113 Å². The number of para-hydroxylation sites is 1. The molecule has 1 amide bonds. The van der Waals surface area contributed by atoms with Crippen LogP contribution >= 0.6 is 0 Å². The van der Waals surface area contributed by atoms with E-state index in [2.05, 4.69) is 10.1 Å². The second-order valence-corrected chi connectivity index (χ2v) is 7.88. The van der Waals surface area contributed by atoms with Crippen molar-refractivity contribution < 1.29 is 23.1 Å². The smallest absolute Gasteiger partial charge is 0.337 e. The fourth-order valence-electron chi connectivity index (χ4n) is 3.97. The third-order valence-electron chi connectivity index (χ3n) is 5.64. The Morgan fingerprint density at radius 2 is 1.67 bits per heavy atom. The number of nitrogens with one attached hydrogen (secondary N) is 1. The predicted molar refractivity (Wildman–Crippen MR) is 130 cm³/mol. The molecular formula is C26H18FN3O6. The molecule has 9 nitrogen and oxygen atoms in total. The van der Waals surface area contributed by atoms with Gasteiger partial charge in [-0.3, -0.25) is 14.2 Å². The fourth-order valence-corrected chi connectivity index (χ4v) is 3.97. The van der Waals surface area contributed by atoms with Crippen molar-refractivity contribution in [3.8, 4) is 5.69 Å². The number of fused-ring (bicyclic) bond motifs is 3. The van der Waals surface area contributed by atoms with E-state index in [0.29, 0.717) is 22.2 Å². The average Bonchev–Trinajstić information content (AvgIpc) is 3.28. The normalized spacial score (nSPS) is 11.1. The zero-order chi connectivity index (χ0) is 25.4. The molecule has 0 bridgehead atoms. The number of carbonyl (C=O) groups is 2. The third kappa shape index (κ3) is 3.94. The maximum atomic E-state index is 13.5.